The Hall–Kier alpha value is -1.90. The molecule has 0 heterocycles. The van der Waals surface area contributed by atoms with E-state index in [1.54, 1.807) is 43.3 Å². The van der Waals surface area contributed by atoms with E-state index in [0.717, 1.165) is 8.78 Å². The van der Waals surface area contributed by atoms with E-state index < -0.39 is 15.9 Å². The van der Waals surface area contributed by atoms with Crippen LogP contribution in [0.3, 0.4) is 0 Å². The number of methoxy groups -OCH3 is 1. The van der Waals surface area contributed by atoms with Crippen molar-refractivity contribution in [2.45, 2.75) is 11.8 Å². The van der Waals surface area contributed by atoms with Crippen LogP contribution in [0.25, 0.3) is 0 Å². The topological polar surface area (TPSA) is 75.7 Å². The maximum absolute atomic E-state index is 12.7. The van der Waals surface area contributed by atoms with Gasteiger partial charge < -0.3 is 10.1 Å². The van der Waals surface area contributed by atoms with Crippen LogP contribution in [0.4, 0.5) is 5.69 Å². The van der Waals surface area contributed by atoms with Gasteiger partial charge in [0.2, 0.25) is 15.9 Å². The molecule has 8 heteroatoms. The first kappa shape index (κ1) is 19.4. The highest BCUT2D eigenvalue weighted by Gasteiger charge is 2.25. The van der Waals surface area contributed by atoms with Crippen molar-refractivity contribution in [3.8, 4) is 5.75 Å². The van der Waals surface area contributed by atoms with Crippen molar-refractivity contribution < 1.29 is 17.9 Å². The van der Waals surface area contributed by atoms with E-state index >= 15 is 0 Å². The monoisotopic (exact) mass is 426 g/mol. The molecule has 2 rings (SSSR count). The third-order valence-electron chi connectivity index (χ3n) is 3.48. The average molecular weight is 427 g/mol. The number of hydrogen-bond acceptors (Lipinski definition) is 4. The highest BCUT2D eigenvalue weighted by atomic mass is 79.9. The summed E-state index contributed by atoms with van der Waals surface area (Å²) < 4.78 is 32.4. The number of likely N-dealkylation sites (N-methyl/N-ethyl adjacent to an activating group) is 1. The Labute approximate surface area is 156 Å². The summed E-state index contributed by atoms with van der Waals surface area (Å²) in [6.45, 7) is 1.60. The molecule has 0 atom stereocenters. The summed E-state index contributed by atoms with van der Waals surface area (Å²) in [5.41, 5.74) is 0.543. The van der Waals surface area contributed by atoms with Crippen LogP contribution in [0, 0.1) is 0 Å². The summed E-state index contributed by atoms with van der Waals surface area (Å²) in [5, 5.41) is 2.68. The van der Waals surface area contributed by atoms with Gasteiger partial charge in [-0.25, -0.2) is 8.42 Å². The van der Waals surface area contributed by atoms with Crippen molar-refractivity contribution >= 4 is 37.5 Å². The van der Waals surface area contributed by atoms with E-state index in [4.69, 9.17) is 4.74 Å². The van der Waals surface area contributed by atoms with Crippen LogP contribution >= 0.6 is 15.9 Å². The van der Waals surface area contributed by atoms with Gasteiger partial charge >= 0.3 is 0 Å². The lowest BCUT2D eigenvalue weighted by Gasteiger charge is -2.20. The fourth-order valence-electron chi connectivity index (χ4n) is 2.18. The van der Waals surface area contributed by atoms with Gasteiger partial charge in [-0.1, -0.05) is 28.9 Å². The molecule has 0 unspecified atom stereocenters. The summed E-state index contributed by atoms with van der Waals surface area (Å²) in [5.74, 6) is 0.184. The lowest BCUT2D eigenvalue weighted by molar-refractivity contribution is -0.116. The Morgan fingerprint density at radius 3 is 2.48 bits per heavy atom. The summed E-state index contributed by atoms with van der Waals surface area (Å²) in [4.78, 5) is 12.4. The number of nitrogens with zero attached hydrogens (tertiary/aromatic N) is 1. The van der Waals surface area contributed by atoms with Crippen molar-refractivity contribution in [2.75, 3.05) is 25.5 Å². The molecule has 1 amide bonds. The lowest BCUT2D eigenvalue weighted by Crippen LogP contribution is -2.37. The fourth-order valence-corrected chi connectivity index (χ4v) is 3.85. The molecular formula is C17H19BrN2O4S. The van der Waals surface area contributed by atoms with E-state index in [-0.39, 0.29) is 18.0 Å². The Morgan fingerprint density at radius 2 is 1.88 bits per heavy atom. The Kier molecular flexibility index (Phi) is 6.57. The first-order chi connectivity index (χ1) is 11.9. The molecule has 0 aromatic heterocycles. The molecule has 0 bridgehead atoms. The number of carbonyl (C=O) groups excluding carboxylic acids is 1. The Balaban J connectivity index is 2.12. The highest BCUT2D eigenvalue weighted by molar-refractivity contribution is 9.10. The van der Waals surface area contributed by atoms with Crippen molar-refractivity contribution in [3.05, 3.63) is 53.0 Å². The standard InChI is InChI=1S/C17H19BrN2O4S/c1-3-20(25(22,23)16-9-7-13(18)8-10-16)12-17(21)19-14-5-4-6-15(11-14)24-2/h4-11H,3,12H2,1-2H3,(H,19,21). The molecule has 0 aliphatic rings. The van der Waals surface area contributed by atoms with Crippen molar-refractivity contribution in [2.24, 2.45) is 0 Å². The normalized spacial score (nSPS) is 11.4. The number of nitrogens with one attached hydrogen (secondary N) is 1. The van der Waals surface area contributed by atoms with Gasteiger partial charge in [-0.15, -0.1) is 0 Å². The number of benzene rings is 2. The molecular weight excluding hydrogens is 408 g/mol. The van der Waals surface area contributed by atoms with Crippen LogP contribution < -0.4 is 10.1 Å². The first-order valence-corrected chi connectivity index (χ1v) is 9.79. The third-order valence-corrected chi connectivity index (χ3v) is 5.94. The number of carbonyl (C=O) groups is 1. The van der Waals surface area contributed by atoms with Crippen LogP contribution in [-0.4, -0.2) is 38.8 Å². The van der Waals surface area contributed by atoms with E-state index in [2.05, 4.69) is 21.2 Å². The zero-order valence-electron chi connectivity index (χ0n) is 13.9. The fraction of sp³-hybridized carbons (Fsp3) is 0.235. The molecule has 2 aromatic carbocycles. The molecule has 0 saturated heterocycles. The Morgan fingerprint density at radius 1 is 1.20 bits per heavy atom. The van der Waals surface area contributed by atoms with Gasteiger partial charge in [-0.2, -0.15) is 4.31 Å². The SMILES string of the molecule is CCN(CC(=O)Nc1cccc(OC)c1)S(=O)(=O)c1ccc(Br)cc1. The predicted molar refractivity (Wildman–Crippen MR) is 100 cm³/mol. The molecule has 0 radical (unpaired) electrons. The third kappa shape index (κ3) is 5.04. The lowest BCUT2D eigenvalue weighted by atomic mass is 10.3. The van der Waals surface area contributed by atoms with Gasteiger partial charge in [-0.05, 0) is 36.4 Å². The van der Waals surface area contributed by atoms with Gasteiger partial charge in [0, 0.05) is 22.8 Å². The average Bonchev–Trinajstić information content (AvgIpc) is 2.60. The number of amides is 1. The minimum Gasteiger partial charge on any atom is -0.497 e. The number of ether oxygens (including phenoxy) is 1. The van der Waals surface area contributed by atoms with E-state index in [1.807, 2.05) is 0 Å². The van der Waals surface area contributed by atoms with Crippen LogP contribution in [0.2, 0.25) is 0 Å². The molecule has 1 N–H and O–H groups in total. The minimum absolute atomic E-state index is 0.145. The van der Waals surface area contributed by atoms with Gasteiger partial charge in [0.1, 0.15) is 5.75 Å². The van der Waals surface area contributed by atoms with Crippen LogP contribution in [0.1, 0.15) is 6.92 Å². The molecule has 25 heavy (non-hydrogen) atoms. The first-order valence-electron chi connectivity index (χ1n) is 7.56. The van der Waals surface area contributed by atoms with Crippen LogP contribution in [0.15, 0.2) is 57.9 Å². The minimum atomic E-state index is -3.74. The zero-order valence-corrected chi connectivity index (χ0v) is 16.3. The summed E-state index contributed by atoms with van der Waals surface area (Å²) in [6, 6.07) is 13.2. The second-order valence-corrected chi connectivity index (χ2v) is 8.02. The quantitative estimate of drug-likeness (QED) is 0.737. The molecule has 2 aromatic rings. The number of sulfonamides is 1. The number of anilines is 1. The van der Waals surface area contributed by atoms with Gasteiger partial charge in [-0.3, -0.25) is 4.79 Å². The van der Waals surface area contributed by atoms with Crippen molar-refractivity contribution in [1.82, 2.24) is 4.31 Å². The van der Waals surface area contributed by atoms with Crippen molar-refractivity contribution in [1.29, 1.82) is 0 Å². The molecule has 6 nitrogen and oxygen atoms in total. The van der Waals surface area contributed by atoms with Crippen molar-refractivity contribution in [3.63, 3.8) is 0 Å². The molecule has 0 saturated carbocycles. The zero-order chi connectivity index (χ0) is 18.4. The summed E-state index contributed by atoms with van der Waals surface area (Å²) in [6.07, 6.45) is 0. The van der Waals surface area contributed by atoms with E-state index in [9.17, 15) is 13.2 Å². The van der Waals surface area contributed by atoms with Crippen LogP contribution in [-0.2, 0) is 14.8 Å². The van der Waals surface area contributed by atoms with Gasteiger partial charge in [0.15, 0.2) is 0 Å². The van der Waals surface area contributed by atoms with Crippen LogP contribution in [0.5, 0.6) is 5.75 Å². The Bertz CT molecular complexity index is 838. The van der Waals surface area contributed by atoms with E-state index in [1.165, 1.54) is 19.2 Å². The number of halogens is 1. The molecule has 134 valence electrons. The predicted octanol–water partition coefficient (Wildman–Crippen LogP) is 3.11. The van der Waals surface area contributed by atoms with Gasteiger partial charge in [0.05, 0.1) is 18.6 Å². The summed E-state index contributed by atoms with van der Waals surface area (Å²) >= 11 is 3.27. The smallest absolute Gasteiger partial charge is 0.243 e. The summed E-state index contributed by atoms with van der Waals surface area (Å²) in [7, 11) is -2.21. The highest BCUT2D eigenvalue weighted by Crippen LogP contribution is 2.20. The maximum atomic E-state index is 12.7. The largest absolute Gasteiger partial charge is 0.497 e. The maximum Gasteiger partial charge on any atom is 0.243 e. The number of rotatable bonds is 7. The molecule has 0 fully saturated rings. The van der Waals surface area contributed by atoms with E-state index in [0.29, 0.717) is 11.4 Å². The second kappa shape index (κ2) is 8.46. The molecule has 0 aliphatic heterocycles. The molecule has 0 aliphatic carbocycles. The molecule has 0 spiro atoms. The van der Waals surface area contributed by atoms with Gasteiger partial charge in [0.25, 0.3) is 0 Å². The second-order valence-electron chi connectivity index (χ2n) is 5.17. The number of hydrogen-bond donors (Lipinski definition) is 1.